The lowest BCUT2D eigenvalue weighted by atomic mass is 9.93. The fourth-order valence-electron chi connectivity index (χ4n) is 2.45. The van der Waals surface area contributed by atoms with Crippen LogP contribution in [0.15, 0.2) is 0 Å². The molecule has 0 amide bonds. The van der Waals surface area contributed by atoms with Gasteiger partial charge in [-0.05, 0) is 18.8 Å². The highest BCUT2D eigenvalue weighted by atomic mass is 35.5. The van der Waals surface area contributed by atoms with Gasteiger partial charge in [0.1, 0.15) is 0 Å². The zero-order chi connectivity index (χ0) is 10.4. The van der Waals surface area contributed by atoms with Gasteiger partial charge in [0.05, 0.1) is 0 Å². The molecule has 2 heteroatoms. The Labute approximate surface area is 93.8 Å². The molecule has 0 aromatic heterocycles. The van der Waals surface area contributed by atoms with E-state index in [-0.39, 0.29) is 0 Å². The van der Waals surface area contributed by atoms with E-state index in [1.165, 1.54) is 38.6 Å². The largest absolute Gasteiger partial charge is 0.299 e. The van der Waals surface area contributed by atoms with Gasteiger partial charge >= 0.3 is 0 Å². The molecule has 1 aliphatic carbocycles. The van der Waals surface area contributed by atoms with E-state index in [1.54, 1.807) is 0 Å². The van der Waals surface area contributed by atoms with Crippen molar-refractivity contribution in [3.8, 4) is 0 Å². The van der Waals surface area contributed by atoms with E-state index in [2.05, 4.69) is 18.7 Å². The molecule has 1 rings (SSSR count). The average molecular weight is 218 g/mol. The van der Waals surface area contributed by atoms with Gasteiger partial charge < -0.3 is 0 Å². The fraction of sp³-hybridized carbons (Fsp3) is 1.00. The molecule has 1 aliphatic rings. The zero-order valence-electron chi connectivity index (χ0n) is 9.64. The molecule has 0 atom stereocenters. The maximum absolute atomic E-state index is 5.86. The number of nitrogens with zero attached hydrogens (tertiary/aromatic N) is 1. The van der Waals surface area contributed by atoms with Crippen molar-refractivity contribution in [2.75, 3.05) is 19.0 Å². The lowest BCUT2D eigenvalue weighted by Crippen LogP contribution is -2.40. The molecule has 1 fully saturated rings. The summed E-state index contributed by atoms with van der Waals surface area (Å²) in [6.07, 6.45) is 7.06. The van der Waals surface area contributed by atoms with E-state index in [4.69, 9.17) is 11.6 Å². The van der Waals surface area contributed by atoms with Crippen LogP contribution in [0.1, 0.15) is 46.0 Å². The summed E-state index contributed by atoms with van der Waals surface area (Å²) in [5.41, 5.74) is 0. The van der Waals surface area contributed by atoms with Crippen molar-refractivity contribution >= 4 is 11.6 Å². The molecule has 84 valence electrons. The van der Waals surface area contributed by atoms with E-state index in [0.29, 0.717) is 0 Å². The molecule has 0 spiro atoms. The minimum Gasteiger partial charge on any atom is -0.299 e. The molecule has 0 N–H and O–H groups in total. The molecule has 0 saturated heterocycles. The Morgan fingerprint density at radius 3 is 2.36 bits per heavy atom. The minimum absolute atomic E-state index is 0.764. The van der Waals surface area contributed by atoms with Gasteiger partial charge in [0.15, 0.2) is 0 Å². The first-order valence-corrected chi connectivity index (χ1v) is 6.57. The summed E-state index contributed by atoms with van der Waals surface area (Å²) in [4.78, 5) is 2.61. The highest BCUT2D eigenvalue weighted by Crippen LogP contribution is 2.23. The van der Waals surface area contributed by atoms with E-state index in [9.17, 15) is 0 Å². The maximum atomic E-state index is 5.86. The Balaban J connectivity index is 2.38. The van der Waals surface area contributed by atoms with Crippen molar-refractivity contribution < 1.29 is 0 Å². The smallest absolute Gasteiger partial charge is 0.0351 e. The first-order chi connectivity index (χ1) is 6.74. The topological polar surface area (TPSA) is 3.24 Å². The normalized spacial score (nSPS) is 19.5. The molecule has 0 aromatic rings. The fourth-order valence-corrected chi connectivity index (χ4v) is 2.66. The van der Waals surface area contributed by atoms with Crippen molar-refractivity contribution in [2.45, 2.75) is 52.0 Å². The van der Waals surface area contributed by atoms with E-state index >= 15 is 0 Å². The zero-order valence-corrected chi connectivity index (χ0v) is 10.4. The second kappa shape index (κ2) is 6.68. The third-order valence-electron chi connectivity index (χ3n) is 3.06. The van der Waals surface area contributed by atoms with Gasteiger partial charge in [0, 0.05) is 25.0 Å². The van der Waals surface area contributed by atoms with Gasteiger partial charge in [-0.2, -0.15) is 0 Å². The molecule has 0 aromatic carbocycles. The predicted molar refractivity (Wildman–Crippen MR) is 64.0 cm³/mol. The van der Waals surface area contributed by atoms with Crippen LogP contribution >= 0.6 is 11.6 Å². The Morgan fingerprint density at radius 2 is 1.86 bits per heavy atom. The van der Waals surface area contributed by atoms with Crippen LogP contribution in [0.3, 0.4) is 0 Å². The molecule has 0 unspecified atom stereocenters. The predicted octanol–water partition coefficient (Wildman–Crippen LogP) is 3.52. The number of rotatable bonds is 5. The maximum Gasteiger partial charge on any atom is 0.0351 e. The quantitative estimate of drug-likeness (QED) is 0.637. The Hall–Kier alpha value is 0.250. The number of halogens is 1. The monoisotopic (exact) mass is 217 g/mol. The molecular weight excluding hydrogens is 194 g/mol. The second-order valence-corrected chi connectivity index (χ2v) is 5.25. The third-order valence-corrected chi connectivity index (χ3v) is 3.23. The van der Waals surface area contributed by atoms with E-state index < -0.39 is 0 Å². The molecular formula is C12H24ClN. The second-order valence-electron chi connectivity index (χ2n) is 4.87. The third kappa shape index (κ3) is 4.18. The molecule has 1 saturated carbocycles. The lowest BCUT2D eigenvalue weighted by molar-refractivity contribution is 0.148. The summed E-state index contributed by atoms with van der Waals surface area (Å²) >= 11 is 5.86. The van der Waals surface area contributed by atoms with Gasteiger partial charge in [0.25, 0.3) is 0 Å². The van der Waals surface area contributed by atoms with Crippen molar-refractivity contribution in [2.24, 2.45) is 5.92 Å². The minimum atomic E-state index is 0.764. The van der Waals surface area contributed by atoms with E-state index in [0.717, 1.165) is 24.4 Å². The molecule has 0 heterocycles. The number of hydrogen-bond acceptors (Lipinski definition) is 1. The Kier molecular flexibility index (Phi) is 5.88. The van der Waals surface area contributed by atoms with Crippen LogP contribution in [0.4, 0.5) is 0 Å². The van der Waals surface area contributed by atoms with Crippen molar-refractivity contribution in [3.63, 3.8) is 0 Å². The first-order valence-electron chi connectivity index (χ1n) is 6.04. The Morgan fingerprint density at radius 1 is 1.21 bits per heavy atom. The van der Waals surface area contributed by atoms with Crippen LogP contribution in [0.25, 0.3) is 0 Å². The Bertz CT molecular complexity index is 141. The van der Waals surface area contributed by atoms with Gasteiger partial charge in [-0.25, -0.2) is 0 Å². The van der Waals surface area contributed by atoms with Crippen LogP contribution in [0, 0.1) is 5.92 Å². The summed E-state index contributed by atoms with van der Waals surface area (Å²) < 4.78 is 0. The van der Waals surface area contributed by atoms with Crippen LogP contribution in [0.5, 0.6) is 0 Å². The molecule has 14 heavy (non-hydrogen) atoms. The van der Waals surface area contributed by atoms with Gasteiger partial charge in [0.2, 0.25) is 0 Å². The number of alkyl halides is 1. The lowest BCUT2D eigenvalue weighted by Gasteiger charge is -2.35. The first kappa shape index (κ1) is 12.3. The highest BCUT2D eigenvalue weighted by molar-refractivity contribution is 6.18. The van der Waals surface area contributed by atoms with Gasteiger partial charge in [-0.15, -0.1) is 11.6 Å². The van der Waals surface area contributed by atoms with Crippen LogP contribution in [0.2, 0.25) is 0 Å². The average Bonchev–Trinajstić information content (AvgIpc) is 2.18. The summed E-state index contributed by atoms with van der Waals surface area (Å²) in [6.45, 7) is 6.88. The summed E-state index contributed by atoms with van der Waals surface area (Å²) in [5, 5.41) is 0. The van der Waals surface area contributed by atoms with Gasteiger partial charge in [-0.3, -0.25) is 4.90 Å². The molecule has 1 nitrogen and oxygen atoms in total. The van der Waals surface area contributed by atoms with Crippen molar-refractivity contribution in [1.29, 1.82) is 0 Å². The SMILES string of the molecule is CC(C)CN(CCCl)C1CCCCC1. The summed E-state index contributed by atoms with van der Waals surface area (Å²) in [5.74, 6) is 1.54. The molecule has 0 bridgehead atoms. The summed E-state index contributed by atoms with van der Waals surface area (Å²) in [7, 11) is 0. The van der Waals surface area contributed by atoms with Crippen LogP contribution in [-0.4, -0.2) is 29.9 Å². The highest BCUT2D eigenvalue weighted by Gasteiger charge is 2.20. The molecule has 0 aliphatic heterocycles. The number of hydrogen-bond donors (Lipinski definition) is 0. The standard InChI is InChI=1S/C12H24ClN/c1-11(2)10-14(9-8-13)12-6-4-3-5-7-12/h11-12H,3-10H2,1-2H3. The van der Waals surface area contributed by atoms with Gasteiger partial charge in [-0.1, -0.05) is 33.1 Å². The van der Waals surface area contributed by atoms with Crippen LogP contribution < -0.4 is 0 Å². The molecule has 0 radical (unpaired) electrons. The van der Waals surface area contributed by atoms with Crippen molar-refractivity contribution in [3.05, 3.63) is 0 Å². The van der Waals surface area contributed by atoms with Crippen molar-refractivity contribution in [1.82, 2.24) is 4.90 Å². The van der Waals surface area contributed by atoms with Crippen LogP contribution in [-0.2, 0) is 0 Å². The summed E-state index contributed by atoms with van der Waals surface area (Å²) in [6, 6.07) is 0.824. The van der Waals surface area contributed by atoms with E-state index in [1.807, 2.05) is 0 Å².